The maximum atomic E-state index is 9.45. The van der Waals surface area contributed by atoms with Crippen molar-refractivity contribution in [2.75, 3.05) is 20.2 Å². The summed E-state index contributed by atoms with van der Waals surface area (Å²) < 4.78 is 5.77. The zero-order valence-corrected chi connectivity index (χ0v) is 17.5. The van der Waals surface area contributed by atoms with E-state index in [1.54, 1.807) is 12.1 Å². The van der Waals surface area contributed by atoms with Crippen molar-refractivity contribution in [3.63, 3.8) is 0 Å². The first-order valence-electron chi connectivity index (χ1n) is 10.3. The molecule has 0 heterocycles. The van der Waals surface area contributed by atoms with E-state index < -0.39 is 7.12 Å². The Morgan fingerprint density at radius 1 is 0.833 bits per heavy atom. The number of allylic oxidation sites excluding steroid dienone is 1. The molecule has 3 aromatic rings. The lowest BCUT2D eigenvalue weighted by atomic mass is 9.79. The normalized spacial score (nSPS) is 11.7. The van der Waals surface area contributed by atoms with Crippen molar-refractivity contribution in [2.45, 2.75) is 13.3 Å². The van der Waals surface area contributed by atoms with E-state index in [4.69, 9.17) is 4.74 Å². The van der Waals surface area contributed by atoms with Crippen LogP contribution in [0.2, 0.25) is 0 Å². The Hall–Kier alpha value is -2.86. The second-order valence-corrected chi connectivity index (χ2v) is 7.05. The minimum atomic E-state index is -1.47. The Bertz CT molecular complexity index is 952. The Labute approximate surface area is 179 Å². The molecule has 0 aliphatic rings. The SMILES string of the molecule is CC/C(=C(/c1ccc(OCCNC)cc1)c1ccc(B(O)O)cc1)c1ccccc1. The molecule has 3 rings (SSSR count). The fourth-order valence-corrected chi connectivity index (χ4v) is 3.49. The number of benzene rings is 3. The summed E-state index contributed by atoms with van der Waals surface area (Å²) in [6, 6.07) is 25.9. The fraction of sp³-hybridized carbons (Fsp3) is 0.200. The molecule has 3 N–H and O–H groups in total. The first-order valence-corrected chi connectivity index (χ1v) is 10.3. The molecule has 0 saturated heterocycles. The van der Waals surface area contributed by atoms with Crippen LogP contribution in [0.4, 0.5) is 0 Å². The number of hydrogen-bond acceptors (Lipinski definition) is 4. The first kappa shape index (κ1) is 21.8. The van der Waals surface area contributed by atoms with Crippen LogP contribution < -0.4 is 15.5 Å². The third-order valence-electron chi connectivity index (χ3n) is 5.04. The minimum Gasteiger partial charge on any atom is -0.492 e. The van der Waals surface area contributed by atoms with E-state index in [-0.39, 0.29) is 0 Å². The Morgan fingerprint density at radius 3 is 1.97 bits per heavy atom. The summed E-state index contributed by atoms with van der Waals surface area (Å²) in [7, 11) is 0.431. The molecule has 3 aromatic carbocycles. The van der Waals surface area contributed by atoms with Crippen LogP contribution in [-0.4, -0.2) is 37.4 Å². The van der Waals surface area contributed by atoms with Crippen LogP contribution in [0.25, 0.3) is 11.1 Å². The molecule has 0 fully saturated rings. The monoisotopic (exact) mass is 401 g/mol. The second-order valence-electron chi connectivity index (χ2n) is 7.05. The van der Waals surface area contributed by atoms with Gasteiger partial charge in [-0.2, -0.15) is 0 Å². The first-order chi connectivity index (χ1) is 14.6. The Morgan fingerprint density at radius 2 is 1.43 bits per heavy atom. The molecule has 0 bridgehead atoms. The summed E-state index contributed by atoms with van der Waals surface area (Å²) in [5.74, 6) is 0.838. The maximum absolute atomic E-state index is 9.45. The highest BCUT2D eigenvalue weighted by Crippen LogP contribution is 2.34. The van der Waals surface area contributed by atoms with E-state index in [0.29, 0.717) is 12.1 Å². The highest BCUT2D eigenvalue weighted by atomic mass is 16.5. The summed E-state index contributed by atoms with van der Waals surface area (Å²) in [5, 5.41) is 22.0. The molecule has 154 valence electrons. The van der Waals surface area contributed by atoms with Crippen molar-refractivity contribution in [3.05, 3.63) is 95.6 Å². The molecule has 4 nitrogen and oxygen atoms in total. The summed E-state index contributed by atoms with van der Waals surface area (Å²) >= 11 is 0. The topological polar surface area (TPSA) is 61.7 Å². The number of hydrogen-bond donors (Lipinski definition) is 3. The summed E-state index contributed by atoms with van der Waals surface area (Å²) in [6.07, 6.45) is 0.865. The van der Waals surface area contributed by atoms with Crippen LogP contribution in [-0.2, 0) is 0 Å². The van der Waals surface area contributed by atoms with Crippen molar-refractivity contribution in [3.8, 4) is 5.75 Å². The third kappa shape index (κ3) is 5.39. The predicted molar refractivity (Wildman–Crippen MR) is 125 cm³/mol. The smallest absolute Gasteiger partial charge is 0.488 e. The number of ether oxygens (including phenoxy) is 1. The van der Waals surface area contributed by atoms with Gasteiger partial charge in [-0.1, -0.05) is 73.7 Å². The highest BCUT2D eigenvalue weighted by molar-refractivity contribution is 6.58. The van der Waals surface area contributed by atoms with Gasteiger partial charge in [0, 0.05) is 6.54 Å². The molecule has 0 amide bonds. The third-order valence-corrected chi connectivity index (χ3v) is 5.04. The number of likely N-dealkylation sites (N-methyl/N-ethyl adjacent to an activating group) is 1. The van der Waals surface area contributed by atoms with Crippen molar-refractivity contribution in [2.24, 2.45) is 0 Å². The maximum Gasteiger partial charge on any atom is 0.488 e. The van der Waals surface area contributed by atoms with Crippen molar-refractivity contribution in [1.82, 2.24) is 5.32 Å². The van der Waals surface area contributed by atoms with Gasteiger partial charge in [0.1, 0.15) is 12.4 Å². The largest absolute Gasteiger partial charge is 0.492 e. The van der Waals surface area contributed by atoms with Crippen LogP contribution >= 0.6 is 0 Å². The molecule has 0 aromatic heterocycles. The van der Waals surface area contributed by atoms with Gasteiger partial charge in [0.2, 0.25) is 0 Å². The van der Waals surface area contributed by atoms with Gasteiger partial charge in [-0.15, -0.1) is 0 Å². The van der Waals surface area contributed by atoms with Crippen LogP contribution in [0.1, 0.15) is 30.0 Å². The fourth-order valence-electron chi connectivity index (χ4n) is 3.49. The van der Waals surface area contributed by atoms with Crippen molar-refractivity contribution < 1.29 is 14.8 Å². The van der Waals surface area contributed by atoms with Gasteiger partial charge in [-0.25, -0.2) is 0 Å². The molecular formula is C25H28BNO3. The minimum absolute atomic E-state index is 0.476. The molecule has 5 heteroatoms. The lowest BCUT2D eigenvalue weighted by Crippen LogP contribution is -2.29. The van der Waals surface area contributed by atoms with Crippen LogP contribution in [0.5, 0.6) is 5.75 Å². The molecular weight excluding hydrogens is 373 g/mol. The summed E-state index contributed by atoms with van der Waals surface area (Å²) in [6.45, 7) is 3.57. The van der Waals surface area contributed by atoms with Gasteiger partial charge < -0.3 is 20.1 Å². The summed E-state index contributed by atoms with van der Waals surface area (Å²) in [4.78, 5) is 0. The van der Waals surface area contributed by atoms with Crippen LogP contribution in [0.15, 0.2) is 78.9 Å². The van der Waals surface area contributed by atoms with Crippen molar-refractivity contribution in [1.29, 1.82) is 0 Å². The Balaban J connectivity index is 2.07. The standard InChI is InChI=1S/C25H28BNO3/c1-3-24(19-7-5-4-6-8-19)25(20-9-13-22(14-10-20)26(28)29)21-11-15-23(16-12-21)30-18-17-27-2/h4-16,27-29H,3,17-18H2,1-2H3/b25-24-. The zero-order valence-electron chi connectivity index (χ0n) is 17.5. The van der Waals surface area contributed by atoms with Gasteiger partial charge in [-0.3, -0.25) is 0 Å². The Kier molecular flexibility index (Phi) is 7.86. The van der Waals surface area contributed by atoms with Crippen molar-refractivity contribution >= 4 is 23.7 Å². The van der Waals surface area contributed by atoms with E-state index in [1.165, 1.54) is 11.1 Å². The molecule has 0 atom stereocenters. The number of rotatable bonds is 9. The molecule has 0 aliphatic carbocycles. The average molecular weight is 401 g/mol. The highest BCUT2D eigenvalue weighted by Gasteiger charge is 2.15. The van der Waals surface area contributed by atoms with Gasteiger partial charge in [0.05, 0.1) is 0 Å². The second kappa shape index (κ2) is 10.8. The van der Waals surface area contributed by atoms with Gasteiger partial charge in [-0.05, 0) is 58.9 Å². The van der Waals surface area contributed by atoms with E-state index in [0.717, 1.165) is 35.4 Å². The van der Waals surface area contributed by atoms with E-state index in [9.17, 15) is 10.0 Å². The molecule has 0 aliphatic heterocycles. The molecule has 0 saturated carbocycles. The molecule has 0 spiro atoms. The zero-order chi connectivity index (χ0) is 21.3. The number of nitrogens with one attached hydrogen (secondary N) is 1. The van der Waals surface area contributed by atoms with Crippen LogP contribution in [0.3, 0.4) is 0 Å². The van der Waals surface area contributed by atoms with Gasteiger partial charge >= 0.3 is 7.12 Å². The molecule has 0 unspecified atom stereocenters. The summed E-state index contributed by atoms with van der Waals surface area (Å²) in [5.41, 5.74) is 6.14. The van der Waals surface area contributed by atoms with E-state index in [2.05, 4.69) is 36.5 Å². The predicted octanol–water partition coefficient (Wildman–Crippen LogP) is 3.33. The van der Waals surface area contributed by atoms with Gasteiger partial charge in [0.25, 0.3) is 0 Å². The van der Waals surface area contributed by atoms with E-state index >= 15 is 0 Å². The molecule has 30 heavy (non-hydrogen) atoms. The lowest BCUT2D eigenvalue weighted by Gasteiger charge is -2.17. The molecule has 0 radical (unpaired) electrons. The van der Waals surface area contributed by atoms with E-state index in [1.807, 2.05) is 49.5 Å². The lowest BCUT2D eigenvalue weighted by molar-refractivity contribution is 0.318. The quantitative estimate of drug-likeness (QED) is 0.293. The average Bonchev–Trinajstić information content (AvgIpc) is 2.79. The van der Waals surface area contributed by atoms with Gasteiger partial charge in [0.15, 0.2) is 0 Å². The van der Waals surface area contributed by atoms with Crippen LogP contribution in [0, 0.1) is 0 Å².